The molecule has 0 aliphatic carbocycles. The van der Waals surface area contributed by atoms with Crippen molar-refractivity contribution in [3.63, 3.8) is 0 Å². The van der Waals surface area contributed by atoms with E-state index >= 15 is 0 Å². The van der Waals surface area contributed by atoms with Gasteiger partial charge in [-0.3, -0.25) is 9.59 Å². The van der Waals surface area contributed by atoms with E-state index in [2.05, 4.69) is 0 Å². The smallest absolute Gasteiger partial charge is 0.248 e. The number of carbonyl (C=O) groups excluding carboxylic acids is 2. The molecule has 0 saturated heterocycles. The average molecular weight is 218 g/mol. The lowest BCUT2D eigenvalue weighted by Gasteiger charge is -2.16. The third-order valence-corrected chi connectivity index (χ3v) is 2.87. The van der Waals surface area contributed by atoms with E-state index in [4.69, 9.17) is 5.73 Å². The van der Waals surface area contributed by atoms with Crippen LogP contribution in [0.4, 0.5) is 5.69 Å². The highest BCUT2D eigenvalue weighted by molar-refractivity contribution is 5.99. The molecule has 2 rings (SSSR count). The number of rotatable bonds is 2. The monoisotopic (exact) mass is 218 g/mol. The first-order valence-corrected chi connectivity index (χ1v) is 5.36. The van der Waals surface area contributed by atoms with E-state index in [0.29, 0.717) is 18.5 Å². The van der Waals surface area contributed by atoms with Crippen molar-refractivity contribution in [3.05, 3.63) is 29.3 Å². The standard InChI is InChI=1S/C12H14N2O2/c1-2-11(15)14-6-5-8-3-4-9(12(13)16)7-10(8)14/h3-4,7H,2,5-6H2,1H3,(H2,13,16). The highest BCUT2D eigenvalue weighted by atomic mass is 16.2. The minimum Gasteiger partial charge on any atom is -0.366 e. The molecular formula is C12H14N2O2. The molecule has 0 radical (unpaired) electrons. The molecule has 0 atom stereocenters. The number of hydrogen-bond donors (Lipinski definition) is 1. The second kappa shape index (κ2) is 3.96. The molecule has 4 heteroatoms. The Bertz CT molecular complexity index is 454. The van der Waals surface area contributed by atoms with E-state index in [1.165, 1.54) is 0 Å². The summed E-state index contributed by atoms with van der Waals surface area (Å²) in [5.74, 6) is -0.376. The molecule has 16 heavy (non-hydrogen) atoms. The normalized spacial score (nSPS) is 13.7. The number of nitrogens with zero attached hydrogens (tertiary/aromatic N) is 1. The van der Waals surface area contributed by atoms with Gasteiger partial charge in [0.05, 0.1) is 0 Å². The van der Waals surface area contributed by atoms with Crippen molar-refractivity contribution in [2.24, 2.45) is 5.73 Å². The maximum Gasteiger partial charge on any atom is 0.248 e. The molecule has 1 aromatic rings. The van der Waals surface area contributed by atoms with Crippen LogP contribution >= 0.6 is 0 Å². The van der Waals surface area contributed by atoms with E-state index < -0.39 is 5.91 Å². The molecule has 2 N–H and O–H groups in total. The van der Waals surface area contributed by atoms with Crippen molar-refractivity contribution in [3.8, 4) is 0 Å². The molecule has 1 heterocycles. The molecule has 0 fully saturated rings. The van der Waals surface area contributed by atoms with Gasteiger partial charge in [0, 0.05) is 24.2 Å². The third-order valence-electron chi connectivity index (χ3n) is 2.87. The first kappa shape index (κ1) is 10.7. The number of benzene rings is 1. The van der Waals surface area contributed by atoms with Gasteiger partial charge in [-0.05, 0) is 24.1 Å². The van der Waals surface area contributed by atoms with E-state index in [1.54, 1.807) is 17.0 Å². The summed E-state index contributed by atoms with van der Waals surface area (Å²) in [5.41, 5.74) is 7.61. The Kier molecular flexibility index (Phi) is 2.64. The first-order valence-electron chi connectivity index (χ1n) is 5.36. The van der Waals surface area contributed by atoms with E-state index in [0.717, 1.165) is 17.7 Å². The number of amides is 2. The van der Waals surface area contributed by atoms with Crippen LogP contribution in [0.3, 0.4) is 0 Å². The molecule has 0 aromatic heterocycles. The fourth-order valence-corrected chi connectivity index (χ4v) is 1.98. The fraction of sp³-hybridized carbons (Fsp3) is 0.333. The van der Waals surface area contributed by atoms with Gasteiger partial charge in [0.2, 0.25) is 11.8 Å². The third kappa shape index (κ3) is 1.66. The Labute approximate surface area is 94.0 Å². The lowest BCUT2D eigenvalue weighted by molar-refractivity contribution is -0.118. The number of fused-ring (bicyclic) bond motifs is 1. The quantitative estimate of drug-likeness (QED) is 0.807. The zero-order valence-electron chi connectivity index (χ0n) is 9.19. The number of anilines is 1. The van der Waals surface area contributed by atoms with Gasteiger partial charge in [0.15, 0.2) is 0 Å². The van der Waals surface area contributed by atoms with E-state index in [9.17, 15) is 9.59 Å². The Morgan fingerprint density at radius 2 is 2.19 bits per heavy atom. The summed E-state index contributed by atoms with van der Waals surface area (Å²) in [7, 11) is 0. The molecule has 0 unspecified atom stereocenters. The lowest BCUT2D eigenvalue weighted by Crippen LogP contribution is -2.28. The van der Waals surface area contributed by atoms with E-state index in [-0.39, 0.29) is 5.91 Å². The van der Waals surface area contributed by atoms with Crippen LogP contribution in [-0.4, -0.2) is 18.4 Å². The molecule has 0 spiro atoms. The van der Waals surface area contributed by atoms with Gasteiger partial charge >= 0.3 is 0 Å². The molecule has 2 amide bonds. The predicted molar refractivity (Wildman–Crippen MR) is 61.3 cm³/mol. The van der Waals surface area contributed by atoms with Crippen molar-refractivity contribution in [2.75, 3.05) is 11.4 Å². The minimum absolute atomic E-state index is 0.0837. The van der Waals surface area contributed by atoms with Crippen molar-refractivity contribution in [1.29, 1.82) is 0 Å². The molecule has 1 aliphatic rings. The molecule has 84 valence electrons. The average Bonchev–Trinajstić information content (AvgIpc) is 2.70. The number of carbonyl (C=O) groups is 2. The van der Waals surface area contributed by atoms with Crippen LogP contribution in [-0.2, 0) is 11.2 Å². The minimum atomic E-state index is -0.460. The second-order valence-corrected chi connectivity index (χ2v) is 3.86. The van der Waals surface area contributed by atoms with Crippen LogP contribution in [0.2, 0.25) is 0 Å². The number of hydrogen-bond acceptors (Lipinski definition) is 2. The first-order chi connectivity index (χ1) is 7.63. The number of nitrogens with two attached hydrogens (primary N) is 1. The van der Waals surface area contributed by atoms with Gasteiger partial charge in [-0.25, -0.2) is 0 Å². The van der Waals surface area contributed by atoms with Crippen molar-refractivity contribution >= 4 is 17.5 Å². The van der Waals surface area contributed by atoms with Crippen LogP contribution in [0.15, 0.2) is 18.2 Å². The highest BCUT2D eigenvalue weighted by Gasteiger charge is 2.24. The summed E-state index contributed by atoms with van der Waals surface area (Å²) in [6.45, 7) is 2.53. The maximum absolute atomic E-state index is 11.7. The summed E-state index contributed by atoms with van der Waals surface area (Å²) in [5, 5.41) is 0. The molecule has 1 aliphatic heterocycles. The summed E-state index contributed by atoms with van der Waals surface area (Å²) in [6, 6.07) is 5.29. The highest BCUT2D eigenvalue weighted by Crippen LogP contribution is 2.29. The summed E-state index contributed by atoms with van der Waals surface area (Å²) in [4.78, 5) is 24.5. The molecule has 0 saturated carbocycles. The summed E-state index contributed by atoms with van der Waals surface area (Å²) in [6.07, 6.45) is 1.32. The Hall–Kier alpha value is -1.84. The Balaban J connectivity index is 2.40. The molecular weight excluding hydrogens is 204 g/mol. The SMILES string of the molecule is CCC(=O)N1CCc2ccc(C(N)=O)cc21. The predicted octanol–water partition coefficient (Wildman–Crippen LogP) is 1.08. The fourth-order valence-electron chi connectivity index (χ4n) is 1.98. The largest absolute Gasteiger partial charge is 0.366 e. The topological polar surface area (TPSA) is 63.4 Å². The summed E-state index contributed by atoms with van der Waals surface area (Å²) >= 11 is 0. The van der Waals surface area contributed by atoms with Gasteiger partial charge < -0.3 is 10.6 Å². The van der Waals surface area contributed by atoms with Crippen molar-refractivity contribution in [2.45, 2.75) is 19.8 Å². The molecule has 1 aromatic carbocycles. The van der Waals surface area contributed by atoms with Gasteiger partial charge in [-0.1, -0.05) is 13.0 Å². The van der Waals surface area contributed by atoms with Crippen LogP contribution in [0.1, 0.15) is 29.3 Å². The zero-order valence-corrected chi connectivity index (χ0v) is 9.19. The van der Waals surface area contributed by atoms with Gasteiger partial charge in [0.1, 0.15) is 0 Å². The molecule has 0 bridgehead atoms. The van der Waals surface area contributed by atoms with Crippen molar-refractivity contribution in [1.82, 2.24) is 0 Å². The zero-order chi connectivity index (χ0) is 11.7. The van der Waals surface area contributed by atoms with Crippen LogP contribution < -0.4 is 10.6 Å². The van der Waals surface area contributed by atoms with Crippen LogP contribution in [0.25, 0.3) is 0 Å². The Morgan fingerprint density at radius 1 is 1.44 bits per heavy atom. The van der Waals surface area contributed by atoms with Crippen LogP contribution in [0, 0.1) is 0 Å². The Morgan fingerprint density at radius 3 is 2.81 bits per heavy atom. The van der Waals surface area contributed by atoms with E-state index in [1.807, 2.05) is 13.0 Å². The van der Waals surface area contributed by atoms with Gasteiger partial charge in [-0.15, -0.1) is 0 Å². The summed E-state index contributed by atoms with van der Waals surface area (Å²) < 4.78 is 0. The number of primary amides is 1. The van der Waals surface area contributed by atoms with Crippen molar-refractivity contribution < 1.29 is 9.59 Å². The van der Waals surface area contributed by atoms with Gasteiger partial charge in [-0.2, -0.15) is 0 Å². The van der Waals surface area contributed by atoms with Gasteiger partial charge in [0.25, 0.3) is 0 Å². The van der Waals surface area contributed by atoms with Crippen LogP contribution in [0.5, 0.6) is 0 Å². The maximum atomic E-state index is 11.7. The molecule has 4 nitrogen and oxygen atoms in total. The second-order valence-electron chi connectivity index (χ2n) is 3.86. The lowest BCUT2D eigenvalue weighted by atomic mass is 10.1.